The maximum Gasteiger partial charge on any atom is 0.337 e. The first-order valence-electron chi connectivity index (χ1n) is 6.71. The van der Waals surface area contributed by atoms with E-state index in [-0.39, 0.29) is 16.8 Å². The highest BCUT2D eigenvalue weighted by atomic mass is 19.1. The predicted octanol–water partition coefficient (Wildman–Crippen LogP) is 4.19. The summed E-state index contributed by atoms with van der Waals surface area (Å²) in [4.78, 5) is 16.0. The summed E-state index contributed by atoms with van der Waals surface area (Å²) in [7, 11) is 0. The lowest BCUT2D eigenvalue weighted by atomic mass is 9.86. The number of pyridine rings is 1. The third kappa shape index (κ3) is 3.10. The Morgan fingerprint density at radius 2 is 1.90 bits per heavy atom. The summed E-state index contributed by atoms with van der Waals surface area (Å²) >= 11 is 0. The zero-order valence-corrected chi connectivity index (χ0v) is 12.6. The fraction of sp³-hybridized carbons (Fsp3) is 0.294. The smallest absolute Gasteiger partial charge is 0.337 e. The van der Waals surface area contributed by atoms with Crippen molar-refractivity contribution in [1.82, 2.24) is 4.98 Å². The monoisotopic (exact) mass is 287 g/mol. The minimum absolute atomic E-state index is 0.160. The van der Waals surface area contributed by atoms with Gasteiger partial charge in [-0.15, -0.1) is 0 Å². The van der Waals surface area contributed by atoms with Crippen molar-refractivity contribution < 1.29 is 14.3 Å². The van der Waals surface area contributed by atoms with Gasteiger partial charge in [0.2, 0.25) is 0 Å². The van der Waals surface area contributed by atoms with Crippen molar-refractivity contribution in [2.24, 2.45) is 0 Å². The first kappa shape index (κ1) is 15.2. The molecule has 0 aliphatic carbocycles. The number of carboxylic acids is 1. The fourth-order valence-corrected chi connectivity index (χ4v) is 2.29. The van der Waals surface area contributed by atoms with Crippen molar-refractivity contribution in [3.05, 3.63) is 53.1 Å². The molecule has 1 heterocycles. The zero-order valence-electron chi connectivity index (χ0n) is 12.6. The molecule has 0 amide bonds. The van der Waals surface area contributed by atoms with E-state index in [0.29, 0.717) is 22.5 Å². The molecular formula is C17H18FNO2. The number of aromatic carboxylic acids is 1. The number of carbonyl (C=O) groups is 1. The SMILES string of the molecule is Cc1nc(C(C)(C)C)c(C(=O)O)cc1-c1cccc(F)c1. The number of aryl methyl sites for hydroxylation is 1. The summed E-state index contributed by atoms with van der Waals surface area (Å²) in [6.07, 6.45) is 0. The molecule has 1 aromatic carbocycles. The van der Waals surface area contributed by atoms with Gasteiger partial charge in [-0.1, -0.05) is 32.9 Å². The zero-order chi connectivity index (χ0) is 15.8. The molecule has 3 nitrogen and oxygen atoms in total. The molecule has 110 valence electrons. The van der Waals surface area contributed by atoms with Gasteiger partial charge in [0.05, 0.1) is 11.3 Å². The van der Waals surface area contributed by atoms with E-state index in [1.807, 2.05) is 20.8 Å². The van der Waals surface area contributed by atoms with Crippen molar-refractivity contribution in [3.63, 3.8) is 0 Å². The Bertz CT molecular complexity index is 702. The molecule has 0 saturated carbocycles. The lowest BCUT2D eigenvalue weighted by Gasteiger charge is -2.22. The van der Waals surface area contributed by atoms with Crippen LogP contribution in [0.25, 0.3) is 11.1 Å². The van der Waals surface area contributed by atoms with Gasteiger partial charge >= 0.3 is 5.97 Å². The molecule has 0 unspecified atom stereocenters. The Morgan fingerprint density at radius 3 is 2.43 bits per heavy atom. The summed E-state index contributed by atoms with van der Waals surface area (Å²) in [5, 5.41) is 9.43. The second-order valence-corrected chi connectivity index (χ2v) is 6.08. The normalized spacial score (nSPS) is 11.5. The van der Waals surface area contributed by atoms with Gasteiger partial charge < -0.3 is 5.11 Å². The average molecular weight is 287 g/mol. The first-order chi connectivity index (χ1) is 9.70. The molecular weight excluding hydrogens is 269 g/mol. The number of nitrogens with zero attached hydrogens (tertiary/aromatic N) is 1. The summed E-state index contributed by atoms with van der Waals surface area (Å²) in [5.41, 5.74) is 2.28. The highest BCUT2D eigenvalue weighted by Crippen LogP contribution is 2.30. The Hall–Kier alpha value is -2.23. The van der Waals surface area contributed by atoms with Crippen LogP contribution in [0.3, 0.4) is 0 Å². The van der Waals surface area contributed by atoms with E-state index in [1.54, 1.807) is 25.1 Å². The topological polar surface area (TPSA) is 50.2 Å². The molecule has 0 bridgehead atoms. The van der Waals surface area contributed by atoms with Gasteiger partial charge in [-0.25, -0.2) is 9.18 Å². The van der Waals surface area contributed by atoms with E-state index in [1.165, 1.54) is 12.1 Å². The summed E-state index contributed by atoms with van der Waals surface area (Å²) in [5.74, 6) is -1.38. The molecule has 21 heavy (non-hydrogen) atoms. The van der Waals surface area contributed by atoms with Gasteiger partial charge in [0.15, 0.2) is 0 Å². The first-order valence-corrected chi connectivity index (χ1v) is 6.71. The van der Waals surface area contributed by atoms with Crippen LogP contribution in [0, 0.1) is 12.7 Å². The minimum atomic E-state index is -1.02. The van der Waals surface area contributed by atoms with E-state index in [4.69, 9.17) is 0 Å². The van der Waals surface area contributed by atoms with Crippen LogP contribution in [0.15, 0.2) is 30.3 Å². The van der Waals surface area contributed by atoms with Gasteiger partial charge in [0, 0.05) is 16.7 Å². The number of benzene rings is 1. The standard InChI is InChI=1S/C17H18FNO2/c1-10-13(11-6-5-7-12(18)8-11)9-14(16(20)21)15(19-10)17(2,3)4/h5-9H,1-4H3,(H,20,21). The van der Waals surface area contributed by atoms with Gasteiger partial charge in [0.1, 0.15) is 5.82 Å². The van der Waals surface area contributed by atoms with Crippen molar-refractivity contribution in [2.45, 2.75) is 33.1 Å². The number of halogens is 1. The maximum absolute atomic E-state index is 13.4. The molecule has 0 spiro atoms. The fourth-order valence-electron chi connectivity index (χ4n) is 2.29. The lowest BCUT2D eigenvalue weighted by Crippen LogP contribution is -2.20. The van der Waals surface area contributed by atoms with Crippen LogP contribution in [-0.2, 0) is 5.41 Å². The Balaban J connectivity index is 2.70. The molecule has 0 radical (unpaired) electrons. The largest absolute Gasteiger partial charge is 0.478 e. The highest BCUT2D eigenvalue weighted by molar-refractivity contribution is 5.91. The highest BCUT2D eigenvalue weighted by Gasteiger charge is 2.25. The van der Waals surface area contributed by atoms with Gasteiger partial charge in [0.25, 0.3) is 0 Å². The van der Waals surface area contributed by atoms with E-state index in [9.17, 15) is 14.3 Å². The van der Waals surface area contributed by atoms with Crippen LogP contribution in [0.1, 0.15) is 42.5 Å². The van der Waals surface area contributed by atoms with Crippen molar-refractivity contribution in [1.29, 1.82) is 0 Å². The van der Waals surface area contributed by atoms with Crippen molar-refractivity contribution in [2.75, 3.05) is 0 Å². The van der Waals surface area contributed by atoms with Crippen LogP contribution in [0.4, 0.5) is 4.39 Å². The van der Waals surface area contributed by atoms with E-state index < -0.39 is 5.97 Å². The second kappa shape index (κ2) is 5.28. The number of carboxylic acid groups (broad SMARTS) is 1. The quantitative estimate of drug-likeness (QED) is 0.901. The second-order valence-electron chi connectivity index (χ2n) is 6.08. The molecule has 4 heteroatoms. The van der Waals surface area contributed by atoms with E-state index in [0.717, 1.165) is 0 Å². The van der Waals surface area contributed by atoms with Crippen LogP contribution in [0.2, 0.25) is 0 Å². The predicted molar refractivity (Wildman–Crippen MR) is 80.0 cm³/mol. The number of aromatic nitrogens is 1. The van der Waals surface area contributed by atoms with Crippen LogP contribution in [-0.4, -0.2) is 16.1 Å². The molecule has 0 aliphatic rings. The number of hydrogen-bond donors (Lipinski definition) is 1. The van der Waals surface area contributed by atoms with Gasteiger partial charge in [-0.05, 0) is 30.7 Å². The van der Waals surface area contributed by atoms with Crippen LogP contribution < -0.4 is 0 Å². The van der Waals surface area contributed by atoms with Gasteiger partial charge in [-0.3, -0.25) is 4.98 Å². The van der Waals surface area contributed by atoms with Crippen molar-refractivity contribution >= 4 is 5.97 Å². The summed E-state index contributed by atoms with van der Waals surface area (Å²) in [6, 6.07) is 7.66. The van der Waals surface area contributed by atoms with E-state index in [2.05, 4.69) is 4.98 Å². The molecule has 0 saturated heterocycles. The molecule has 0 aliphatic heterocycles. The van der Waals surface area contributed by atoms with Crippen LogP contribution >= 0.6 is 0 Å². The Morgan fingerprint density at radius 1 is 1.24 bits per heavy atom. The summed E-state index contributed by atoms with van der Waals surface area (Å²) < 4.78 is 13.4. The molecule has 2 aromatic rings. The van der Waals surface area contributed by atoms with E-state index >= 15 is 0 Å². The molecule has 1 N–H and O–H groups in total. The number of hydrogen-bond acceptors (Lipinski definition) is 2. The third-order valence-corrected chi connectivity index (χ3v) is 3.29. The molecule has 0 fully saturated rings. The van der Waals surface area contributed by atoms with Crippen LogP contribution in [0.5, 0.6) is 0 Å². The lowest BCUT2D eigenvalue weighted by molar-refractivity contribution is 0.0693. The number of rotatable bonds is 2. The molecule has 1 aromatic heterocycles. The summed E-state index contributed by atoms with van der Waals surface area (Å²) in [6.45, 7) is 7.57. The molecule has 2 rings (SSSR count). The minimum Gasteiger partial charge on any atom is -0.478 e. The Kier molecular flexibility index (Phi) is 3.81. The average Bonchev–Trinajstić information content (AvgIpc) is 2.36. The van der Waals surface area contributed by atoms with Crippen molar-refractivity contribution in [3.8, 4) is 11.1 Å². The van der Waals surface area contributed by atoms with Gasteiger partial charge in [-0.2, -0.15) is 0 Å². The maximum atomic E-state index is 13.4. The Labute approximate surface area is 123 Å². The third-order valence-electron chi connectivity index (χ3n) is 3.29. The molecule has 0 atom stereocenters.